The SMILES string of the molecule is O=C(O)C1C(O)CS[C@@H]2CC(=O)N12. The standard InChI is InChI=1S/C7H9NO4S/c9-3-2-13-5-1-4(10)8(5)6(3)7(11)12/h3,5-6,9H,1-2H2,(H,11,12)/t3?,5-,6?/m1/s1. The van der Waals surface area contributed by atoms with E-state index in [1.165, 1.54) is 16.7 Å². The summed E-state index contributed by atoms with van der Waals surface area (Å²) >= 11 is 1.44. The molecule has 6 heteroatoms. The summed E-state index contributed by atoms with van der Waals surface area (Å²) in [5.74, 6) is -0.902. The Bertz CT molecular complexity index is 269. The predicted octanol–water partition coefficient (Wildman–Crippen LogP) is -0.894. The maximum Gasteiger partial charge on any atom is 0.329 e. The molecule has 1 amide bonds. The lowest BCUT2D eigenvalue weighted by Crippen LogP contribution is -2.65. The fraction of sp³-hybridized carbons (Fsp3) is 0.714. The van der Waals surface area contributed by atoms with Gasteiger partial charge in [-0.25, -0.2) is 4.79 Å². The van der Waals surface area contributed by atoms with Gasteiger partial charge in [0.05, 0.1) is 17.9 Å². The maximum atomic E-state index is 11.1. The van der Waals surface area contributed by atoms with Crippen LogP contribution in [0, 0.1) is 0 Å². The molecule has 2 aliphatic rings. The Morgan fingerprint density at radius 1 is 1.62 bits per heavy atom. The van der Waals surface area contributed by atoms with E-state index in [0.717, 1.165) is 0 Å². The highest BCUT2D eigenvalue weighted by Crippen LogP contribution is 2.37. The molecule has 2 saturated heterocycles. The van der Waals surface area contributed by atoms with Crippen molar-refractivity contribution in [2.45, 2.75) is 23.9 Å². The van der Waals surface area contributed by atoms with Gasteiger partial charge >= 0.3 is 5.97 Å². The highest BCUT2D eigenvalue weighted by atomic mass is 32.2. The third-order valence-electron chi connectivity index (χ3n) is 2.32. The van der Waals surface area contributed by atoms with Gasteiger partial charge in [-0.15, -0.1) is 11.8 Å². The van der Waals surface area contributed by atoms with Crippen LogP contribution in [0.3, 0.4) is 0 Å². The van der Waals surface area contributed by atoms with E-state index in [1.54, 1.807) is 0 Å². The van der Waals surface area contributed by atoms with Gasteiger partial charge in [-0.1, -0.05) is 0 Å². The van der Waals surface area contributed by atoms with Crippen molar-refractivity contribution in [2.24, 2.45) is 0 Å². The molecular weight excluding hydrogens is 194 g/mol. The third kappa shape index (κ3) is 1.21. The Balaban J connectivity index is 2.19. The number of rotatable bonds is 1. The quantitative estimate of drug-likeness (QED) is 0.540. The number of thioether (sulfide) groups is 1. The minimum atomic E-state index is -1.12. The van der Waals surface area contributed by atoms with Gasteiger partial charge in [0, 0.05) is 5.75 Å². The first-order chi connectivity index (χ1) is 6.11. The number of β-lactam (4-membered cyclic amide) rings is 1. The van der Waals surface area contributed by atoms with E-state index in [-0.39, 0.29) is 11.3 Å². The van der Waals surface area contributed by atoms with Gasteiger partial charge in [0.2, 0.25) is 5.91 Å². The van der Waals surface area contributed by atoms with Crippen molar-refractivity contribution in [3.8, 4) is 0 Å². The van der Waals surface area contributed by atoms with Crippen LogP contribution in [-0.4, -0.2) is 50.3 Å². The molecule has 2 rings (SSSR count). The Morgan fingerprint density at radius 3 is 2.77 bits per heavy atom. The van der Waals surface area contributed by atoms with Crippen molar-refractivity contribution in [1.29, 1.82) is 0 Å². The van der Waals surface area contributed by atoms with Crippen LogP contribution in [-0.2, 0) is 9.59 Å². The molecule has 2 fully saturated rings. The van der Waals surface area contributed by atoms with Crippen molar-refractivity contribution < 1.29 is 19.8 Å². The molecule has 2 unspecified atom stereocenters. The number of carboxylic acids is 1. The Hall–Kier alpha value is -0.750. The summed E-state index contributed by atoms with van der Waals surface area (Å²) in [4.78, 5) is 23.1. The number of aliphatic carboxylic acids is 1. The monoisotopic (exact) mass is 203 g/mol. The zero-order chi connectivity index (χ0) is 9.59. The number of carbonyl (C=O) groups excluding carboxylic acids is 1. The molecule has 0 aromatic rings. The largest absolute Gasteiger partial charge is 0.480 e. The van der Waals surface area contributed by atoms with E-state index < -0.39 is 18.1 Å². The number of fused-ring (bicyclic) bond motifs is 1. The molecular formula is C7H9NO4S. The summed E-state index contributed by atoms with van der Waals surface area (Å²) in [5.41, 5.74) is 0. The van der Waals surface area contributed by atoms with Crippen molar-refractivity contribution >= 4 is 23.6 Å². The molecule has 2 heterocycles. The van der Waals surface area contributed by atoms with Crippen LogP contribution in [0.25, 0.3) is 0 Å². The lowest BCUT2D eigenvalue weighted by molar-refractivity contribution is -0.163. The number of aliphatic hydroxyl groups excluding tert-OH is 1. The van der Waals surface area contributed by atoms with E-state index in [1.807, 2.05) is 0 Å². The van der Waals surface area contributed by atoms with Crippen LogP contribution >= 0.6 is 11.8 Å². The van der Waals surface area contributed by atoms with Crippen LogP contribution in [0.2, 0.25) is 0 Å². The number of hydrogen-bond donors (Lipinski definition) is 2. The summed E-state index contributed by atoms with van der Waals surface area (Å²) in [6.45, 7) is 0. The third-order valence-corrected chi connectivity index (χ3v) is 3.64. The molecule has 0 radical (unpaired) electrons. The van der Waals surface area contributed by atoms with Crippen LogP contribution in [0.4, 0.5) is 0 Å². The molecule has 0 aliphatic carbocycles. The molecule has 0 aromatic carbocycles. The Labute approximate surface area is 78.7 Å². The van der Waals surface area contributed by atoms with Crippen molar-refractivity contribution in [3.05, 3.63) is 0 Å². The number of amides is 1. The van der Waals surface area contributed by atoms with Crippen molar-refractivity contribution in [1.82, 2.24) is 4.90 Å². The summed E-state index contributed by atoms with van der Waals surface area (Å²) < 4.78 is 0. The molecule has 0 saturated carbocycles. The van der Waals surface area contributed by atoms with Gasteiger partial charge in [-0.3, -0.25) is 4.79 Å². The van der Waals surface area contributed by atoms with Gasteiger partial charge < -0.3 is 15.1 Å². The zero-order valence-corrected chi connectivity index (χ0v) is 7.53. The molecule has 0 bridgehead atoms. The van der Waals surface area contributed by atoms with E-state index in [9.17, 15) is 14.7 Å². The van der Waals surface area contributed by atoms with Crippen LogP contribution in [0.1, 0.15) is 6.42 Å². The van der Waals surface area contributed by atoms with Gasteiger partial charge in [-0.05, 0) is 0 Å². The predicted molar refractivity (Wildman–Crippen MR) is 45.1 cm³/mol. The number of nitrogens with zero attached hydrogens (tertiary/aromatic N) is 1. The minimum Gasteiger partial charge on any atom is -0.480 e. The van der Waals surface area contributed by atoms with Crippen LogP contribution in [0.5, 0.6) is 0 Å². The lowest BCUT2D eigenvalue weighted by Gasteiger charge is -2.48. The highest BCUT2D eigenvalue weighted by molar-refractivity contribution is 8.00. The molecule has 13 heavy (non-hydrogen) atoms. The molecule has 3 atom stereocenters. The van der Waals surface area contributed by atoms with Crippen molar-refractivity contribution in [2.75, 3.05) is 5.75 Å². The van der Waals surface area contributed by atoms with Gasteiger partial charge in [0.25, 0.3) is 0 Å². The first kappa shape index (κ1) is 8.83. The lowest BCUT2D eigenvalue weighted by atomic mass is 10.0. The fourth-order valence-corrected chi connectivity index (χ4v) is 2.92. The van der Waals surface area contributed by atoms with Crippen molar-refractivity contribution in [3.63, 3.8) is 0 Å². The summed E-state index contributed by atoms with van der Waals surface area (Å²) in [6.07, 6.45) is -0.538. The molecule has 5 nitrogen and oxygen atoms in total. The smallest absolute Gasteiger partial charge is 0.329 e. The molecule has 2 aliphatic heterocycles. The van der Waals surface area contributed by atoms with E-state index >= 15 is 0 Å². The second kappa shape index (κ2) is 2.88. The summed E-state index contributed by atoms with van der Waals surface area (Å²) in [6, 6.07) is -1.03. The number of carboxylic acid groups (broad SMARTS) is 1. The number of hydrogen-bond acceptors (Lipinski definition) is 4. The first-order valence-corrected chi connectivity index (χ1v) is 5.00. The number of aliphatic hydroxyl groups is 1. The van der Waals surface area contributed by atoms with Crippen LogP contribution in [0.15, 0.2) is 0 Å². The normalized spacial score (nSPS) is 38.1. The van der Waals surface area contributed by atoms with Gasteiger partial charge in [0.15, 0.2) is 6.04 Å². The number of carbonyl (C=O) groups is 2. The average molecular weight is 203 g/mol. The molecule has 0 spiro atoms. The highest BCUT2D eigenvalue weighted by Gasteiger charge is 2.50. The Morgan fingerprint density at radius 2 is 2.31 bits per heavy atom. The summed E-state index contributed by atoms with van der Waals surface area (Å²) in [7, 11) is 0. The average Bonchev–Trinajstić information content (AvgIpc) is 2.05. The maximum absolute atomic E-state index is 11.1. The van der Waals surface area contributed by atoms with Crippen LogP contribution < -0.4 is 0 Å². The minimum absolute atomic E-state index is 0.0306. The van der Waals surface area contributed by atoms with E-state index in [4.69, 9.17) is 5.11 Å². The van der Waals surface area contributed by atoms with Gasteiger partial charge in [-0.2, -0.15) is 0 Å². The zero-order valence-electron chi connectivity index (χ0n) is 6.71. The topological polar surface area (TPSA) is 77.8 Å². The van der Waals surface area contributed by atoms with Gasteiger partial charge in [0.1, 0.15) is 0 Å². The second-order valence-electron chi connectivity index (χ2n) is 3.14. The molecule has 0 aromatic heterocycles. The fourth-order valence-electron chi connectivity index (χ4n) is 1.64. The van der Waals surface area contributed by atoms with E-state index in [0.29, 0.717) is 12.2 Å². The summed E-state index contributed by atoms with van der Waals surface area (Å²) in [5, 5.41) is 18.1. The first-order valence-electron chi connectivity index (χ1n) is 3.95. The Kier molecular flexibility index (Phi) is 1.96. The van der Waals surface area contributed by atoms with E-state index in [2.05, 4.69) is 0 Å². The molecule has 2 N–H and O–H groups in total. The second-order valence-corrected chi connectivity index (χ2v) is 4.35. The molecule has 72 valence electrons.